The molecule has 2 rings (SSSR count). The Hall–Kier alpha value is -1.95. The summed E-state index contributed by atoms with van der Waals surface area (Å²) in [5, 5.41) is 16.5. The van der Waals surface area contributed by atoms with Crippen LogP contribution >= 0.6 is 0 Å². The number of amides is 1. The maximum Gasteiger partial charge on any atom is 0.270 e. The van der Waals surface area contributed by atoms with Gasteiger partial charge in [0, 0.05) is 30.8 Å². The summed E-state index contributed by atoms with van der Waals surface area (Å²) in [4.78, 5) is 22.0. The van der Waals surface area contributed by atoms with Gasteiger partial charge in [-0.25, -0.2) is 0 Å². The molecule has 1 heterocycles. The second-order valence-corrected chi connectivity index (χ2v) is 4.14. The van der Waals surface area contributed by atoms with Gasteiger partial charge in [-0.15, -0.1) is 0 Å². The van der Waals surface area contributed by atoms with Crippen molar-refractivity contribution in [2.45, 2.75) is 13.0 Å². The van der Waals surface area contributed by atoms with Crippen molar-refractivity contribution in [3.8, 4) is 0 Å². The minimum absolute atomic E-state index is 0.0538. The zero-order valence-electron chi connectivity index (χ0n) is 9.40. The summed E-state index contributed by atoms with van der Waals surface area (Å²) in [5.74, 6) is -0.261. The van der Waals surface area contributed by atoms with Crippen LogP contribution in [0.1, 0.15) is 15.9 Å². The number of nitrogens with one attached hydrogen (secondary N) is 2. The molecule has 1 aliphatic rings. The molecule has 0 unspecified atom stereocenters. The highest BCUT2D eigenvalue weighted by atomic mass is 16.6. The number of nitro benzene ring substituents is 1. The van der Waals surface area contributed by atoms with Gasteiger partial charge in [0.05, 0.1) is 11.0 Å². The van der Waals surface area contributed by atoms with Gasteiger partial charge in [0.15, 0.2) is 0 Å². The van der Waals surface area contributed by atoms with E-state index in [1.807, 2.05) is 0 Å². The molecule has 0 aliphatic carbocycles. The minimum atomic E-state index is -0.491. The summed E-state index contributed by atoms with van der Waals surface area (Å²) in [5.41, 5.74) is 0.988. The number of hydrogen-bond acceptors (Lipinski definition) is 4. The van der Waals surface area contributed by atoms with Gasteiger partial charge in [-0.3, -0.25) is 14.9 Å². The van der Waals surface area contributed by atoms with E-state index < -0.39 is 4.92 Å². The van der Waals surface area contributed by atoms with Crippen molar-refractivity contribution in [1.29, 1.82) is 0 Å². The molecule has 0 bridgehead atoms. The van der Waals surface area contributed by atoms with Crippen LogP contribution in [0.25, 0.3) is 0 Å². The number of nitrogens with zero attached hydrogens (tertiary/aromatic N) is 1. The van der Waals surface area contributed by atoms with Gasteiger partial charge in [0.2, 0.25) is 0 Å². The van der Waals surface area contributed by atoms with E-state index in [1.54, 1.807) is 13.0 Å². The van der Waals surface area contributed by atoms with Gasteiger partial charge in [-0.1, -0.05) is 0 Å². The van der Waals surface area contributed by atoms with Gasteiger partial charge in [0.1, 0.15) is 0 Å². The zero-order valence-corrected chi connectivity index (χ0v) is 9.40. The second-order valence-electron chi connectivity index (χ2n) is 4.14. The topological polar surface area (TPSA) is 84.3 Å². The van der Waals surface area contributed by atoms with E-state index in [0.29, 0.717) is 11.1 Å². The van der Waals surface area contributed by atoms with Crippen molar-refractivity contribution >= 4 is 11.6 Å². The predicted octanol–water partition coefficient (Wildman–Crippen LogP) is 0.605. The molecule has 2 N–H and O–H groups in total. The van der Waals surface area contributed by atoms with E-state index in [2.05, 4.69) is 10.6 Å². The Kier molecular flexibility index (Phi) is 3.06. The predicted molar refractivity (Wildman–Crippen MR) is 62.0 cm³/mol. The van der Waals surface area contributed by atoms with E-state index in [4.69, 9.17) is 0 Å². The Balaban J connectivity index is 2.18. The first-order chi connectivity index (χ1) is 8.06. The normalized spacial score (nSPS) is 15.1. The lowest BCUT2D eigenvalue weighted by molar-refractivity contribution is -0.384. The molecule has 0 atom stereocenters. The molecule has 17 heavy (non-hydrogen) atoms. The van der Waals surface area contributed by atoms with Gasteiger partial charge >= 0.3 is 0 Å². The Bertz CT molecular complexity index is 469. The zero-order chi connectivity index (χ0) is 12.4. The van der Waals surface area contributed by atoms with Crippen molar-refractivity contribution in [2.24, 2.45) is 0 Å². The van der Waals surface area contributed by atoms with Crippen molar-refractivity contribution in [3.05, 3.63) is 39.4 Å². The van der Waals surface area contributed by atoms with E-state index in [0.717, 1.165) is 13.1 Å². The number of rotatable bonds is 3. The molecule has 1 aromatic rings. The van der Waals surface area contributed by atoms with Crippen LogP contribution in [0.15, 0.2) is 18.2 Å². The number of carbonyl (C=O) groups is 1. The van der Waals surface area contributed by atoms with Crippen molar-refractivity contribution in [3.63, 3.8) is 0 Å². The first kappa shape index (κ1) is 11.5. The van der Waals surface area contributed by atoms with Crippen molar-refractivity contribution in [1.82, 2.24) is 10.6 Å². The maximum absolute atomic E-state index is 11.8. The van der Waals surface area contributed by atoms with Crippen LogP contribution in [0, 0.1) is 17.0 Å². The van der Waals surface area contributed by atoms with Gasteiger partial charge in [-0.05, 0) is 18.6 Å². The summed E-state index contributed by atoms with van der Waals surface area (Å²) in [6, 6.07) is 4.52. The molecule has 1 aliphatic heterocycles. The largest absolute Gasteiger partial charge is 0.347 e. The second kappa shape index (κ2) is 4.50. The lowest BCUT2D eigenvalue weighted by atomic mass is 10.1. The van der Waals surface area contributed by atoms with Gasteiger partial charge in [-0.2, -0.15) is 0 Å². The fourth-order valence-corrected chi connectivity index (χ4v) is 1.66. The molecule has 6 nitrogen and oxygen atoms in total. The average Bonchev–Trinajstić information content (AvgIpc) is 2.22. The van der Waals surface area contributed by atoms with Crippen LogP contribution in [0.4, 0.5) is 5.69 Å². The molecule has 1 amide bonds. The molecule has 0 saturated carbocycles. The molecular formula is C11H13N3O3. The monoisotopic (exact) mass is 235 g/mol. The summed E-state index contributed by atoms with van der Waals surface area (Å²) in [6.45, 7) is 3.23. The lowest BCUT2D eigenvalue weighted by Gasteiger charge is -2.27. The molecule has 1 aromatic carbocycles. The average molecular weight is 235 g/mol. The van der Waals surface area contributed by atoms with Crippen LogP contribution in [0.2, 0.25) is 0 Å². The maximum atomic E-state index is 11.8. The molecule has 0 spiro atoms. The van der Waals surface area contributed by atoms with Gasteiger partial charge in [0.25, 0.3) is 11.6 Å². The minimum Gasteiger partial charge on any atom is -0.347 e. The lowest BCUT2D eigenvalue weighted by Crippen LogP contribution is -2.56. The number of nitro groups is 1. The first-order valence-corrected chi connectivity index (χ1v) is 5.34. The molecular weight excluding hydrogens is 222 g/mol. The number of carbonyl (C=O) groups excluding carboxylic acids is 1. The fraction of sp³-hybridized carbons (Fsp3) is 0.364. The van der Waals surface area contributed by atoms with Crippen LogP contribution in [0.5, 0.6) is 0 Å². The van der Waals surface area contributed by atoms with Crippen LogP contribution in [-0.2, 0) is 0 Å². The molecule has 90 valence electrons. The third-order valence-corrected chi connectivity index (χ3v) is 2.65. The number of non-ortho nitro benzene ring substituents is 1. The summed E-state index contributed by atoms with van der Waals surface area (Å²) in [6.07, 6.45) is 0. The summed E-state index contributed by atoms with van der Waals surface area (Å²) < 4.78 is 0. The Morgan fingerprint density at radius 3 is 2.71 bits per heavy atom. The quantitative estimate of drug-likeness (QED) is 0.593. The highest BCUT2D eigenvalue weighted by Crippen LogP contribution is 2.16. The third-order valence-electron chi connectivity index (χ3n) is 2.65. The van der Waals surface area contributed by atoms with Gasteiger partial charge < -0.3 is 10.6 Å². The Morgan fingerprint density at radius 2 is 2.18 bits per heavy atom. The van der Waals surface area contributed by atoms with E-state index in [-0.39, 0.29) is 17.6 Å². The summed E-state index contributed by atoms with van der Waals surface area (Å²) >= 11 is 0. The highest BCUT2D eigenvalue weighted by molar-refractivity contribution is 5.95. The molecule has 1 fully saturated rings. The third kappa shape index (κ3) is 2.59. The molecule has 0 aromatic heterocycles. The van der Waals surface area contributed by atoms with Crippen LogP contribution in [-0.4, -0.2) is 30.0 Å². The van der Waals surface area contributed by atoms with Crippen molar-refractivity contribution < 1.29 is 9.72 Å². The number of aryl methyl sites for hydroxylation is 1. The van der Waals surface area contributed by atoms with E-state index in [1.165, 1.54) is 12.1 Å². The molecule has 6 heteroatoms. The number of hydrogen-bond donors (Lipinski definition) is 2. The first-order valence-electron chi connectivity index (χ1n) is 5.34. The summed E-state index contributed by atoms with van der Waals surface area (Å²) in [7, 11) is 0. The van der Waals surface area contributed by atoms with E-state index >= 15 is 0 Å². The SMILES string of the molecule is Cc1cc(C(=O)NC2CNC2)cc([N+](=O)[O-])c1. The van der Waals surface area contributed by atoms with Crippen LogP contribution in [0.3, 0.4) is 0 Å². The Morgan fingerprint density at radius 1 is 1.47 bits per heavy atom. The molecule has 0 radical (unpaired) electrons. The van der Waals surface area contributed by atoms with E-state index in [9.17, 15) is 14.9 Å². The fourth-order valence-electron chi connectivity index (χ4n) is 1.66. The smallest absolute Gasteiger partial charge is 0.270 e. The molecule has 1 saturated heterocycles. The van der Waals surface area contributed by atoms with Crippen LogP contribution < -0.4 is 10.6 Å². The number of benzene rings is 1. The standard InChI is InChI=1S/C11H13N3O3/c1-7-2-8(4-10(3-7)14(16)17)11(15)13-9-5-12-6-9/h2-4,9,12H,5-6H2,1H3,(H,13,15). The Labute approximate surface area is 98.2 Å². The highest BCUT2D eigenvalue weighted by Gasteiger charge is 2.20. The van der Waals surface area contributed by atoms with Crippen molar-refractivity contribution in [2.75, 3.05) is 13.1 Å².